The summed E-state index contributed by atoms with van der Waals surface area (Å²) in [7, 11) is 0. The number of carbonyl (C=O) groups is 1. The number of halogens is 1. The minimum Gasteiger partial charge on any atom is -0.486 e. The molecule has 1 unspecified atom stereocenters. The molecule has 1 amide bonds. The van der Waals surface area contributed by atoms with Gasteiger partial charge in [0.25, 0.3) is 5.91 Å². The zero-order valence-corrected chi connectivity index (χ0v) is 17.4. The third kappa shape index (κ3) is 5.53. The highest BCUT2D eigenvalue weighted by Gasteiger charge is 2.14. The molecule has 3 rings (SSSR count). The van der Waals surface area contributed by atoms with Crippen molar-refractivity contribution in [2.75, 3.05) is 0 Å². The molecule has 1 aromatic heterocycles. The number of benzene rings is 2. The van der Waals surface area contributed by atoms with E-state index in [4.69, 9.17) is 20.8 Å². The van der Waals surface area contributed by atoms with Crippen LogP contribution in [-0.2, 0) is 11.4 Å². The molecule has 6 heteroatoms. The highest BCUT2D eigenvalue weighted by molar-refractivity contribution is 6.31. The van der Waals surface area contributed by atoms with E-state index in [1.54, 1.807) is 24.3 Å². The van der Waals surface area contributed by atoms with Gasteiger partial charge >= 0.3 is 0 Å². The van der Waals surface area contributed by atoms with E-state index < -0.39 is 5.91 Å². The lowest BCUT2D eigenvalue weighted by Crippen LogP contribution is -2.27. The van der Waals surface area contributed by atoms with Crippen molar-refractivity contribution in [1.82, 2.24) is 5.32 Å². The fourth-order valence-electron chi connectivity index (χ4n) is 2.80. The predicted molar refractivity (Wildman–Crippen MR) is 116 cm³/mol. The zero-order chi connectivity index (χ0) is 21.5. The summed E-state index contributed by atoms with van der Waals surface area (Å²) in [6.07, 6.45) is 1.42. The summed E-state index contributed by atoms with van der Waals surface area (Å²) in [6.45, 7) is 3.98. The van der Waals surface area contributed by atoms with Crippen LogP contribution in [0.25, 0.3) is 6.08 Å². The van der Waals surface area contributed by atoms with Crippen molar-refractivity contribution in [2.24, 2.45) is 0 Å². The molecule has 5 nitrogen and oxygen atoms in total. The number of amides is 1. The molecule has 2 aromatic carbocycles. The number of hydrogen-bond donors (Lipinski definition) is 1. The van der Waals surface area contributed by atoms with Gasteiger partial charge in [-0.1, -0.05) is 41.9 Å². The Bertz CT molecular complexity index is 1100. The van der Waals surface area contributed by atoms with E-state index in [0.717, 1.165) is 11.1 Å². The van der Waals surface area contributed by atoms with Crippen LogP contribution in [0.15, 0.2) is 70.7 Å². The minimum absolute atomic E-state index is 0.0343. The first-order valence-electron chi connectivity index (χ1n) is 9.41. The number of rotatable bonds is 7. The first-order chi connectivity index (χ1) is 14.5. The maximum atomic E-state index is 12.5. The highest BCUT2D eigenvalue weighted by Crippen LogP contribution is 2.22. The molecule has 30 heavy (non-hydrogen) atoms. The fourth-order valence-corrected chi connectivity index (χ4v) is 2.92. The smallest absolute Gasteiger partial charge is 0.262 e. The van der Waals surface area contributed by atoms with Crippen LogP contribution in [0.4, 0.5) is 0 Å². The summed E-state index contributed by atoms with van der Waals surface area (Å²) in [6, 6.07) is 20.1. The SMILES string of the molecule is Cc1cc(OCc2ccc(/C=C(\C#N)C(=O)NC(C)c3ccccc3)o2)ccc1Cl. The number of furan rings is 1. The van der Waals surface area contributed by atoms with Gasteiger partial charge in [-0.05, 0) is 55.3 Å². The van der Waals surface area contributed by atoms with Gasteiger partial charge in [-0.25, -0.2) is 0 Å². The quantitative estimate of drug-likeness (QED) is 0.398. The van der Waals surface area contributed by atoms with Gasteiger partial charge in [0.1, 0.15) is 35.5 Å². The van der Waals surface area contributed by atoms with Gasteiger partial charge in [-0.15, -0.1) is 0 Å². The van der Waals surface area contributed by atoms with Crippen LogP contribution < -0.4 is 10.1 Å². The number of nitriles is 1. The molecule has 1 N–H and O–H groups in total. The topological polar surface area (TPSA) is 75.3 Å². The molecule has 0 fully saturated rings. The van der Waals surface area contributed by atoms with Gasteiger partial charge in [-0.3, -0.25) is 4.79 Å². The lowest BCUT2D eigenvalue weighted by Gasteiger charge is -2.13. The van der Waals surface area contributed by atoms with Crippen LogP contribution in [0, 0.1) is 18.3 Å². The Morgan fingerprint density at radius 1 is 1.23 bits per heavy atom. The second-order valence-corrected chi connectivity index (χ2v) is 7.19. The van der Waals surface area contributed by atoms with Gasteiger partial charge in [0.2, 0.25) is 0 Å². The molecule has 3 aromatic rings. The van der Waals surface area contributed by atoms with Crippen molar-refractivity contribution in [2.45, 2.75) is 26.5 Å². The van der Waals surface area contributed by atoms with Crippen LogP contribution in [0.2, 0.25) is 5.02 Å². The van der Waals surface area contributed by atoms with Gasteiger partial charge < -0.3 is 14.5 Å². The van der Waals surface area contributed by atoms with E-state index in [-0.39, 0.29) is 18.2 Å². The molecule has 0 saturated heterocycles. The molecule has 0 aliphatic heterocycles. The van der Waals surface area contributed by atoms with E-state index >= 15 is 0 Å². The Morgan fingerprint density at radius 3 is 2.70 bits per heavy atom. The van der Waals surface area contributed by atoms with Crippen molar-refractivity contribution < 1.29 is 13.9 Å². The number of aryl methyl sites for hydroxylation is 1. The number of nitrogens with zero attached hydrogens (tertiary/aromatic N) is 1. The van der Waals surface area contributed by atoms with Crippen molar-refractivity contribution >= 4 is 23.6 Å². The van der Waals surface area contributed by atoms with E-state index in [1.165, 1.54) is 6.08 Å². The molecule has 0 radical (unpaired) electrons. The molecular formula is C24H21ClN2O3. The lowest BCUT2D eigenvalue weighted by molar-refractivity contribution is -0.117. The largest absolute Gasteiger partial charge is 0.486 e. The first-order valence-corrected chi connectivity index (χ1v) is 9.79. The average molecular weight is 421 g/mol. The summed E-state index contributed by atoms with van der Waals surface area (Å²) in [4.78, 5) is 12.5. The van der Waals surface area contributed by atoms with Crippen molar-refractivity contribution in [3.8, 4) is 11.8 Å². The molecule has 0 aliphatic rings. The maximum absolute atomic E-state index is 12.5. The number of carbonyl (C=O) groups excluding carboxylic acids is 1. The standard InChI is InChI=1S/C24H21ClN2O3/c1-16-12-20(10-11-23(16)25)29-15-22-9-8-21(30-22)13-19(14-26)24(28)27-17(2)18-6-4-3-5-7-18/h3-13,17H,15H2,1-2H3,(H,27,28)/b19-13+. The Morgan fingerprint density at radius 2 is 2.00 bits per heavy atom. The molecule has 0 spiro atoms. The van der Waals surface area contributed by atoms with Crippen LogP contribution in [0.1, 0.15) is 35.6 Å². The van der Waals surface area contributed by atoms with Crippen LogP contribution >= 0.6 is 11.6 Å². The number of hydrogen-bond acceptors (Lipinski definition) is 4. The molecular weight excluding hydrogens is 400 g/mol. The normalized spacial score (nSPS) is 12.1. The van der Waals surface area contributed by atoms with E-state index in [9.17, 15) is 10.1 Å². The first kappa shape index (κ1) is 21.2. The third-order valence-electron chi connectivity index (χ3n) is 4.49. The summed E-state index contributed by atoms with van der Waals surface area (Å²) >= 11 is 6.02. The Labute approximate surface area is 180 Å². The van der Waals surface area contributed by atoms with Gasteiger partial charge in [0.05, 0.1) is 6.04 Å². The van der Waals surface area contributed by atoms with Crippen LogP contribution in [-0.4, -0.2) is 5.91 Å². The van der Waals surface area contributed by atoms with Crippen molar-refractivity contribution in [3.63, 3.8) is 0 Å². The number of nitrogens with one attached hydrogen (secondary N) is 1. The summed E-state index contributed by atoms with van der Waals surface area (Å²) in [5, 5.41) is 12.9. The fraction of sp³-hybridized carbons (Fsp3) is 0.167. The molecule has 0 aliphatic carbocycles. The van der Waals surface area contributed by atoms with Gasteiger partial charge in [0.15, 0.2) is 0 Å². The van der Waals surface area contributed by atoms with Crippen molar-refractivity contribution in [1.29, 1.82) is 5.26 Å². The second-order valence-electron chi connectivity index (χ2n) is 6.78. The van der Waals surface area contributed by atoms with Crippen LogP contribution in [0.3, 0.4) is 0 Å². The highest BCUT2D eigenvalue weighted by atomic mass is 35.5. The van der Waals surface area contributed by atoms with Crippen molar-refractivity contribution in [3.05, 3.63) is 93.9 Å². The van der Waals surface area contributed by atoms with E-state index in [1.807, 2.05) is 56.3 Å². The summed E-state index contributed by atoms with van der Waals surface area (Å²) < 4.78 is 11.4. The van der Waals surface area contributed by atoms with E-state index in [0.29, 0.717) is 22.3 Å². The van der Waals surface area contributed by atoms with Gasteiger partial charge in [0, 0.05) is 11.1 Å². The lowest BCUT2D eigenvalue weighted by atomic mass is 10.1. The van der Waals surface area contributed by atoms with Crippen LogP contribution in [0.5, 0.6) is 5.75 Å². The minimum atomic E-state index is -0.459. The molecule has 0 saturated carbocycles. The summed E-state index contributed by atoms with van der Waals surface area (Å²) in [5.41, 5.74) is 1.84. The molecule has 1 atom stereocenters. The number of ether oxygens (including phenoxy) is 1. The average Bonchev–Trinajstić information content (AvgIpc) is 3.21. The maximum Gasteiger partial charge on any atom is 0.262 e. The molecule has 0 bridgehead atoms. The Kier molecular flexibility index (Phi) is 6.95. The second kappa shape index (κ2) is 9.82. The Balaban J connectivity index is 1.63. The third-order valence-corrected chi connectivity index (χ3v) is 4.92. The Hall–Kier alpha value is -3.49. The van der Waals surface area contributed by atoms with E-state index in [2.05, 4.69) is 5.32 Å². The zero-order valence-electron chi connectivity index (χ0n) is 16.7. The molecule has 152 valence electrons. The summed E-state index contributed by atoms with van der Waals surface area (Å²) in [5.74, 6) is 1.20. The predicted octanol–water partition coefficient (Wildman–Crippen LogP) is 5.60. The van der Waals surface area contributed by atoms with Gasteiger partial charge in [-0.2, -0.15) is 5.26 Å². The monoisotopic (exact) mass is 420 g/mol. The molecule has 1 heterocycles.